The summed E-state index contributed by atoms with van der Waals surface area (Å²) in [5, 5.41) is 0. The Labute approximate surface area is 153 Å². The number of ether oxygens (including phenoxy) is 1. The molecule has 2 heterocycles. The Morgan fingerprint density at radius 1 is 1.04 bits per heavy atom. The van der Waals surface area contributed by atoms with E-state index in [1.165, 1.54) is 29.6 Å². The number of carbonyl (C=O) groups is 2. The van der Waals surface area contributed by atoms with Gasteiger partial charge in [-0.2, -0.15) is 4.31 Å². The molecular weight excluding hydrogens is 358 g/mol. The molecule has 0 bridgehead atoms. The van der Waals surface area contributed by atoms with Crippen molar-refractivity contribution in [3.8, 4) is 5.75 Å². The van der Waals surface area contributed by atoms with E-state index in [1.807, 2.05) is 6.92 Å². The van der Waals surface area contributed by atoms with Crippen molar-refractivity contribution >= 4 is 27.5 Å². The van der Waals surface area contributed by atoms with Gasteiger partial charge in [0.25, 0.3) is 0 Å². The Morgan fingerprint density at radius 3 is 2.19 bits per heavy atom. The second kappa shape index (κ2) is 7.34. The first kappa shape index (κ1) is 18.8. The fourth-order valence-corrected chi connectivity index (χ4v) is 4.89. The molecule has 0 aliphatic carbocycles. The van der Waals surface area contributed by atoms with Gasteiger partial charge in [0.1, 0.15) is 10.6 Å². The van der Waals surface area contributed by atoms with E-state index in [1.54, 1.807) is 0 Å². The standard InChI is InChI=1S/C17H23N3O5S/c1-3-18-8-10-19(11-9-18)26(23,24)15-12-13(4-5-14(15)25-2)20-16(21)6-7-17(20)22/h4-5,12H,3,6-11H2,1-2H3. The van der Waals surface area contributed by atoms with Crippen LogP contribution in [0.5, 0.6) is 5.75 Å². The van der Waals surface area contributed by atoms with Crippen LogP contribution < -0.4 is 9.64 Å². The van der Waals surface area contributed by atoms with Gasteiger partial charge in [0.05, 0.1) is 12.8 Å². The van der Waals surface area contributed by atoms with Crippen LogP contribution in [0.2, 0.25) is 0 Å². The average molecular weight is 381 g/mol. The Bertz CT molecular complexity index is 800. The van der Waals surface area contributed by atoms with Gasteiger partial charge in [-0.25, -0.2) is 8.42 Å². The average Bonchev–Trinajstić information content (AvgIpc) is 2.99. The molecule has 2 aliphatic rings. The molecule has 0 unspecified atom stereocenters. The van der Waals surface area contributed by atoms with E-state index in [0.29, 0.717) is 26.2 Å². The number of amides is 2. The SMILES string of the molecule is CCN1CCN(S(=O)(=O)c2cc(N3C(=O)CCC3=O)ccc2OC)CC1. The molecule has 2 fully saturated rings. The van der Waals surface area contributed by atoms with Crippen LogP contribution in [0.3, 0.4) is 0 Å². The predicted molar refractivity (Wildman–Crippen MR) is 95.6 cm³/mol. The summed E-state index contributed by atoms with van der Waals surface area (Å²) >= 11 is 0. The topological polar surface area (TPSA) is 87.2 Å². The van der Waals surface area contributed by atoms with Crippen molar-refractivity contribution in [3.63, 3.8) is 0 Å². The first-order valence-electron chi connectivity index (χ1n) is 8.64. The van der Waals surface area contributed by atoms with Gasteiger partial charge < -0.3 is 9.64 Å². The number of likely N-dealkylation sites (N-methyl/N-ethyl adjacent to an activating group) is 1. The summed E-state index contributed by atoms with van der Waals surface area (Å²) in [5.41, 5.74) is 0.268. The summed E-state index contributed by atoms with van der Waals surface area (Å²) in [6, 6.07) is 4.39. The summed E-state index contributed by atoms with van der Waals surface area (Å²) in [7, 11) is -2.39. The fraction of sp³-hybridized carbons (Fsp3) is 0.529. The van der Waals surface area contributed by atoms with Gasteiger partial charge in [-0.1, -0.05) is 6.92 Å². The summed E-state index contributed by atoms with van der Waals surface area (Å²) in [6.07, 6.45) is 0.290. The maximum absolute atomic E-state index is 13.1. The molecule has 8 nitrogen and oxygen atoms in total. The number of hydrogen-bond donors (Lipinski definition) is 0. The molecule has 0 N–H and O–H groups in total. The van der Waals surface area contributed by atoms with Crippen LogP contribution in [0.15, 0.2) is 23.1 Å². The molecule has 1 aromatic carbocycles. The van der Waals surface area contributed by atoms with Crippen LogP contribution in [0, 0.1) is 0 Å². The Kier molecular flexibility index (Phi) is 5.31. The third-order valence-corrected chi connectivity index (χ3v) is 6.77. The number of sulfonamides is 1. The van der Waals surface area contributed by atoms with Gasteiger partial charge in [0, 0.05) is 39.0 Å². The third-order valence-electron chi connectivity index (χ3n) is 4.85. The van der Waals surface area contributed by atoms with E-state index in [9.17, 15) is 18.0 Å². The molecule has 26 heavy (non-hydrogen) atoms. The van der Waals surface area contributed by atoms with Crippen LogP contribution in [-0.2, 0) is 19.6 Å². The first-order valence-corrected chi connectivity index (χ1v) is 10.1. The highest BCUT2D eigenvalue weighted by atomic mass is 32.2. The molecule has 2 saturated heterocycles. The summed E-state index contributed by atoms with van der Waals surface area (Å²) in [6.45, 7) is 5.05. The molecule has 2 amide bonds. The van der Waals surface area contributed by atoms with Crippen molar-refractivity contribution in [1.82, 2.24) is 9.21 Å². The van der Waals surface area contributed by atoms with Crippen molar-refractivity contribution in [2.24, 2.45) is 0 Å². The lowest BCUT2D eigenvalue weighted by atomic mass is 10.2. The van der Waals surface area contributed by atoms with Crippen LogP contribution in [-0.4, -0.2) is 69.3 Å². The lowest BCUT2D eigenvalue weighted by Crippen LogP contribution is -2.48. The van der Waals surface area contributed by atoms with E-state index >= 15 is 0 Å². The number of nitrogens with zero attached hydrogens (tertiary/aromatic N) is 3. The highest BCUT2D eigenvalue weighted by Gasteiger charge is 2.34. The van der Waals surface area contributed by atoms with Gasteiger partial charge >= 0.3 is 0 Å². The second-order valence-electron chi connectivity index (χ2n) is 6.30. The number of piperazine rings is 1. The monoisotopic (exact) mass is 381 g/mol. The quantitative estimate of drug-likeness (QED) is 0.697. The zero-order chi connectivity index (χ0) is 18.9. The van der Waals surface area contributed by atoms with Crippen LogP contribution >= 0.6 is 0 Å². The van der Waals surface area contributed by atoms with Crippen LogP contribution in [0.25, 0.3) is 0 Å². The Morgan fingerprint density at radius 2 is 1.65 bits per heavy atom. The Balaban J connectivity index is 1.96. The largest absolute Gasteiger partial charge is 0.495 e. The highest BCUT2D eigenvalue weighted by molar-refractivity contribution is 7.89. The van der Waals surface area contributed by atoms with Crippen molar-refractivity contribution in [1.29, 1.82) is 0 Å². The van der Waals surface area contributed by atoms with Crippen molar-refractivity contribution in [2.45, 2.75) is 24.7 Å². The van der Waals surface area contributed by atoms with Crippen LogP contribution in [0.1, 0.15) is 19.8 Å². The number of hydrogen-bond acceptors (Lipinski definition) is 6. The predicted octanol–water partition coefficient (Wildman–Crippen LogP) is 0.675. The molecule has 2 aliphatic heterocycles. The molecule has 9 heteroatoms. The maximum Gasteiger partial charge on any atom is 0.246 e. The zero-order valence-electron chi connectivity index (χ0n) is 15.0. The maximum atomic E-state index is 13.1. The molecule has 0 saturated carbocycles. The fourth-order valence-electron chi connectivity index (χ4n) is 3.30. The lowest BCUT2D eigenvalue weighted by molar-refractivity contribution is -0.121. The molecule has 0 spiro atoms. The Hall–Kier alpha value is -1.97. The second-order valence-corrected chi connectivity index (χ2v) is 8.20. The van der Waals surface area contributed by atoms with Gasteiger partial charge in [-0.05, 0) is 24.7 Å². The van der Waals surface area contributed by atoms with E-state index in [-0.39, 0.29) is 41.0 Å². The molecule has 142 valence electrons. The number of methoxy groups -OCH3 is 1. The summed E-state index contributed by atoms with van der Waals surface area (Å²) in [5.74, 6) is -0.439. The highest BCUT2D eigenvalue weighted by Crippen LogP contribution is 2.33. The minimum absolute atomic E-state index is 0.0186. The number of benzene rings is 1. The number of carbonyl (C=O) groups excluding carboxylic acids is 2. The minimum Gasteiger partial charge on any atom is -0.495 e. The van der Waals surface area contributed by atoms with Crippen molar-refractivity contribution < 1.29 is 22.7 Å². The number of rotatable bonds is 5. The third kappa shape index (κ3) is 3.34. The smallest absolute Gasteiger partial charge is 0.246 e. The summed E-state index contributed by atoms with van der Waals surface area (Å²) in [4.78, 5) is 27.2. The number of imide groups is 1. The molecule has 0 atom stereocenters. The molecular formula is C17H23N3O5S. The summed E-state index contributed by atoms with van der Waals surface area (Å²) < 4.78 is 32.9. The van der Waals surface area contributed by atoms with E-state index in [4.69, 9.17) is 4.74 Å². The van der Waals surface area contributed by atoms with Crippen molar-refractivity contribution in [2.75, 3.05) is 44.7 Å². The van der Waals surface area contributed by atoms with Gasteiger partial charge in [-0.15, -0.1) is 0 Å². The molecule has 0 radical (unpaired) electrons. The van der Waals surface area contributed by atoms with E-state index in [0.717, 1.165) is 11.4 Å². The lowest BCUT2D eigenvalue weighted by Gasteiger charge is -2.33. The normalized spacial score (nSPS) is 20.0. The first-order chi connectivity index (χ1) is 12.4. The van der Waals surface area contributed by atoms with Gasteiger partial charge in [-0.3, -0.25) is 14.5 Å². The number of anilines is 1. The zero-order valence-corrected chi connectivity index (χ0v) is 15.8. The van der Waals surface area contributed by atoms with Crippen LogP contribution in [0.4, 0.5) is 5.69 Å². The molecule has 1 aromatic rings. The van der Waals surface area contributed by atoms with Crippen molar-refractivity contribution in [3.05, 3.63) is 18.2 Å². The van der Waals surface area contributed by atoms with E-state index < -0.39 is 10.0 Å². The molecule has 0 aromatic heterocycles. The van der Waals surface area contributed by atoms with E-state index in [2.05, 4.69) is 4.90 Å². The van der Waals surface area contributed by atoms with Gasteiger partial charge in [0.15, 0.2) is 0 Å². The molecule has 3 rings (SSSR count). The minimum atomic E-state index is -3.79. The van der Waals surface area contributed by atoms with Gasteiger partial charge in [0.2, 0.25) is 21.8 Å².